The second-order valence-electron chi connectivity index (χ2n) is 10.2. The number of benzene rings is 3. The average molecular weight is 564 g/mol. The zero-order valence-electron chi connectivity index (χ0n) is 22.1. The van der Waals surface area contributed by atoms with Gasteiger partial charge in [0.15, 0.2) is 0 Å². The van der Waals surface area contributed by atoms with Crippen molar-refractivity contribution in [1.82, 2.24) is 10.3 Å². The number of alkyl halides is 3. The Morgan fingerprint density at radius 1 is 0.854 bits per heavy atom. The summed E-state index contributed by atoms with van der Waals surface area (Å²) in [5.41, 5.74) is 0.702. The van der Waals surface area contributed by atoms with E-state index in [1.165, 1.54) is 30.3 Å². The number of H-pyrrole nitrogens is 1. The maximum absolute atomic E-state index is 14.2. The van der Waals surface area contributed by atoms with Gasteiger partial charge < -0.3 is 10.3 Å². The zero-order valence-corrected chi connectivity index (χ0v) is 22.1. The van der Waals surface area contributed by atoms with Gasteiger partial charge in [-0.2, -0.15) is 13.2 Å². The van der Waals surface area contributed by atoms with Gasteiger partial charge in [0.25, 0.3) is 5.91 Å². The molecule has 1 aliphatic carbocycles. The van der Waals surface area contributed by atoms with Gasteiger partial charge in [0.05, 0.1) is 5.56 Å². The van der Waals surface area contributed by atoms with Crippen LogP contribution < -0.4 is 10.2 Å². The highest BCUT2D eigenvalue weighted by Gasteiger charge is 2.37. The molecular weight excluding hydrogens is 534 g/mol. The average Bonchev–Trinajstić information content (AvgIpc) is 3.47. The second kappa shape index (κ2) is 12.0. The van der Waals surface area contributed by atoms with Crippen LogP contribution in [0.5, 0.6) is 0 Å². The molecule has 0 unspecified atom stereocenters. The van der Waals surface area contributed by atoms with Gasteiger partial charge in [-0.05, 0) is 66.4 Å². The van der Waals surface area contributed by atoms with Crippen LogP contribution in [0.25, 0.3) is 11.3 Å². The van der Waals surface area contributed by atoms with Gasteiger partial charge in [0, 0.05) is 17.4 Å². The van der Waals surface area contributed by atoms with Crippen LogP contribution >= 0.6 is 0 Å². The number of anilines is 1. The van der Waals surface area contributed by atoms with E-state index in [9.17, 15) is 27.2 Å². The smallest absolute Gasteiger partial charge is 0.351 e. The van der Waals surface area contributed by atoms with Gasteiger partial charge in [-0.1, -0.05) is 67.8 Å². The minimum atomic E-state index is -4.67. The van der Waals surface area contributed by atoms with E-state index in [1.54, 1.807) is 6.07 Å². The molecule has 1 fully saturated rings. The first-order chi connectivity index (χ1) is 19.7. The molecule has 1 saturated carbocycles. The number of amides is 2. The first-order valence-electron chi connectivity index (χ1n) is 13.5. The number of hydrogen-bond donors (Lipinski definition) is 2. The first-order valence-corrected chi connectivity index (χ1v) is 13.5. The monoisotopic (exact) mass is 563 g/mol. The van der Waals surface area contributed by atoms with Crippen molar-refractivity contribution in [3.63, 3.8) is 0 Å². The lowest BCUT2D eigenvalue weighted by Gasteiger charge is -2.33. The number of aromatic amines is 1. The third-order valence-electron chi connectivity index (χ3n) is 7.32. The Morgan fingerprint density at radius 2 is 1.56 bits per heavy atom. The Balaban J connectivity index is 1.62. The standard InChI is InChI=1S/C32H29F4N3O2/c33-24-16-14-22(15-17-24)29(30(40)37-25-11-5-2-6-12-25)39(26-13-7-10-23(20-26)32(34,35)36)31(41)28-19-18-27(38-28)21-8-3-1-4-9-21/h1,3-4,7-10,13-20,25,29,38H,2,5-6,11-12H2,(H,37,40)/t29-/m1/s1. The second-order valence-corrected chi connectivity index (χ2v) is 10.2. The summed E-state index contributed by atoms with van der Waals surface area (Å²) in [7, 11) is 0. The summed E-state index contributed by atoms with van der Waals surface area (Å²) in [4.78, 5) is 32.2. The van der Waals surface area contributed by atoms with Crippen molar-refractivity contribution in [2.75, 3.05) is 4.90 Å². The van der Waals surface area contributed by atoms with Crippen molar-refractivity contribution in [1.29, 1.82) is 0 Å². The highest BCUT2D eigenvalue weighted by Crippen LogP contribution is 2.36. The summed E-state index contributed by atoms with van der Waals surface area (Å²) in [6, 6.07) is 20.4. The highest BCUT2D eigenvalue weighted by atomic mass is 19.4. The van der Waals surface area contributed by atoms with Gasteiger partial charge in [-0.3, -0.25) is 14.5 Å². The van der Waals surface area contributed by atoms with Gasteiger partial charge in [0.2, 0.25) is 5.91 Å². The molecule has 0 bridgehead atoms. The van der Waals surface area contributed by atoms with Crippen molar-refractivity contribution in [2.45, 2.75) is 50.4 Å². The Labute approximate surface area is 235 Å². The molecule has 4 aromatic rings. The maximum Gasteiger partial charge on any atom is 0.416 e. The molecule has 2 N–H and O–H groups in total. The fourth-order valence-corrected chi connectivity index (χ4v) is 5.24. The Hall–Kier alpha value is -4.40. The number of carbonyl (C=O) groups excluding carboxylic acids is 2. The van der Waals surface area contributed by atoms with Crippen molar-refractivity contribution in [2.24, 2.45) is 0 Å². The molecule has 0 radical (unpaired) electrons. The Morgan fingerprint density at radius 3 is 2.24 bits per heavy atom. The summed E-state index contributed by atoms with van der Waals surface area (Å²) in [5, 5.41) is 3.01. The Bertz CT molecular complexity index is 1490. The normalized spacial score (nSPS) is 14.8. The molecule has 0 spiro atoms. The van der Waals surface area contributed by atoms with E-state index in [-0.39, 0.29) is 23.0 Å². The fourth-order valence-electron chi connectivity index (χ4n) is 5.24. The zero-order chi connectivity index (χ0) is 29.0. The van der Waals surface area contributed by atoms with E-state index in [0.29, 0.717) is 5.69 Å². The minimum absolute atomic E-state index is 0.0823. The van der Waals surface area contributed by atoms with Crippen molar-refractivity contribution in [3.8, 4) is 11.3 Å². The van der Waals surface area contributed by atoms with E-state index in [2.05, 4.69) is 10.3 Å². The van der Waals surface area contributed by atoms with E-state index in [4.69, 9.17) is 0 Å². The molecule has 0 aliphatic heterocycles. The van der Waals surface area contributed by atoms with Crippen LogP contribution in [-0.4, -0.2) is 22.8 Å². The number of halogens is 4. The van der Waals surface area contributed by atoms with Crippen LogP contribution in [0.2, 0.25) is 0 Å². The molecule has 1 heterocycles. The van der Waals surface area contributed by atoms with Gasteiger partial charge >= 0.3 is 6.18 Å². The molecule has 9 heteroatoms. The summed E-state index contributed by atoms with van der Waals surface area (Å²) in [5.74, 6) is -1.81. The number of rotatable bonds is 7. The highest BCUT2D eigenvalue weighted by molar-refractivity contribution is 6.09. The molecule has 1 aromatic heterocycles. The molecule has 41 heavy (non-hydrogen) atoms. The van der Waals surface area contributed by atoms with Crippen molar-refractivity contribution >= 4 is 17.5 Å². The predicted molar refractivity (Wildman–Crippen MR) is 149 cm³/mol. The van der Waals surface area contributed by atoms with Crippen LogP contribution in [0.15, 0.2) is 91.0 Å². The summed E-state index contributed by atoms with van der Waals surface area (Å²) >= 11 is 0. The minimum Gasteiger partial charge on any atom is -0.351 e. The quantitative estimate of drug-likeness (QED) is 0.227. The number of carbonyl (C=O) groups is 2. The Kier molecular flexibility index (Phi) is 8.23. The first kappa shape index (κ1) is 28.1. The molecule has 5 rings (SSSR count). The van der Waals surface area contributed by atoms with Crippen molar-refractivity contribution < 1.29 is 27.2 Å². The molecule has 1 atom stereocenters. The molecule has 5 nitrogen and oxygen atoms in total. The molecule has 0 saturated heterocycles. The molecule has 3 aromatic carbocycles. The van der Waals surface area contributed by atoms with E-state index < -0.39 is 35.4 Å². The number of nitrogens with one attached hydrogen (secondary N) is 2. The van der Waals surface area contributed by atoms with Gasteiger partial charge in [-0.25, -0.2) is 4.39 Å². The van der Waals surface area contributed by atoms with Crippen LogP contribution in [0.4, 0.5) is 23.2 Å². The van der Waals surface area contributed by atoms with E-state index in [1.807, 2.05) is 30.3 Å². The molecule has 2 amide bonds. The van der Waals surface area contributed by atoms with E-state index >= 15 is 0 Å². The topological polar surface area (TPSA) is 65.2 Å². The van der Waals surface area contributed by atoms with Gasteiger partial charge in [0.1, 0.15) is 17.6 Å². The van der Waals surface area contributed by atoms with Crippen LogP contribution in [0.3, 0.4) is 0 Å². The third kappa shape index (κ3) is 6.51. The van der Waals surface area contributed by atoms with Crippen LogP contribution in [-0.2, 0) is 11.0 Å². The summed E-state index contributed by atoms with van der Waals surface area (Å²) in [6.07, 6.45) is -0.222. The number of aromatic nitrogens is 1. The lowest BCUT2D eigenvalue weighted by Crippen LogP contribution is -2.47. The van der Waals surface area contributed by atoms with Crippen LogP contribution in [0, 0.1) is 5.82 Å². The molecule has 212 valence electrons. The lowest BCUT2D eigenvalue weighted by molar-refractivity contribution is -0.137. The van der Waals surface area contributed by atoms with E-state index in [0.717, 1.165) is 66.8 Å². The third-order valence-corrected chi connectivity index (χ3v) is 7.32. The molecule has 1 aliphatic rings. The number of nitrogens with zero attached hydrogens (tertiary/aromatic N) is 1. The van der Waals surface area contributed by atoms with Gasteiger partial charge in [-0.15, -0.1) is 0 Å². The summed E-state index contributed by atoms with van der Waals surface area (Å²) in [6.45, 7) is 0. The largest absolute Gasteiger partial charge is 0.416 e. The van der Waals surface area contributed by atoms with Crippen LogP contribution in [0.1, 0.15) is 59.8 Å². The maximum atomic E-state index is 14.2. The predicted octanol–water partition coefficient (Wildman–Crippen LogP) is 7.68. The SMILES string of the molecule is O=C(NC1CCCCC1)[C@@H](c1ccc(F)cc1)N(C(=O)c1ccc(-c2ccccc2)[nH]1)c1cccc(C(F)(F)F)c1. The summed E-state index contributed by atoms with van der Waals surface area (Å²) < 4.78 is 55.2. The fraction of sp³-hybridized carbons (Fsp3) is 0.250. The molecular formula is C32H29F4N3O2. The lowest BCUT2D eigenvalue weighted by atomic mass is 9.94. The number of hydrogen-bond acceptors (Lipinski definition) is 2. The van der Waals surface area contributed by atoms with Crippen molar-refractivity contribution in [3.05, 3.63) is 114 Å².